The normalized spacial score (nSPS) is 15.3. The molecule has 1 N–H and O–H groups in total. The molecule has 0 aliphatic carbocycles. The van der Waals surface area contributed by atoms with Gasteiger partial charge in [0.15, 0.2) is 0 Å². The number of aliphatic hydroxyl groups excluding tert-OH is 1. The van der Waals surface area contributed by atoms with Crippen molar-refractivity contribution in [1.82, 2.24) is 4.90 Å². The zero-order valence-electron chi connectivity index (χ0n) is 32.9. The molecule has 4 aromatic carbocycles. The summed E-state index contributed by atoms with van der Waals surface area (Å²) >= 11 is 0. The molecule has 308 valence electrons. The number of methoxy groups -OCH3 is 1. The number of hydrogen-bond acceptors (Lipinski definition) is 8. The highest BCUT2D eigenvalue weighted by molar-refractivity contribution is 6.00. The van der Waals surface area contributed by atoms with Crippen molar-refractivity contribution in [3.05, 3.63) is 149 Å². The van der Waals surface area contributed by atoms with E-state index in [-0.39, 0.29) is 55.6 Å². The van der Waals surface area contributed by atoms with Crippen molar-refractivity contribution in [1.29, 1.82) is 0 Å². The summed E-state index contributed by atoms with van der Waals surface area (Å²) in [6, 6.07) is 25.0. The maximum atomic E-state index is 15.0. The van der Waals surface area contributed by atoms with Crippen molar-refractivity contribution in [2.24, 2.45) is 0 Å². The summed E-state index contributed by atoms with van der Waals surface area (Å²) in [5, 5.41) is 9.45. The third kappa shape index (κ3) is 9.86. The van der Waals surface area contributed by atoms with Gasteiger partial charge in [0, 0.05) is 48.8 Å². The Morgan fingerprint density at radius 1 is 0.966 bits per heavy atom. The molecule has 13 heteroatoms. The van der Waals surface area contributed by atoms with Gasteiger partial charge in [-0.05, 0) is 79.2 Å². The number of carbonyl (C=O) groups excluding carboxylic acids is 3. The second-order valence-corrected chi connectivity index (χ2v) is 14.2. The van der Waals surface area contributed by atoms with Gasteiger partial charge in [-0.15, -0.1) is 6.58 Å². The maximum absolute atomic E-state index is 15.0. The molecule has 1 aliphatic rings. The SMILES string of the molecule is C=CCC(OC(C)=O)[C@@H]1[C@@H](N(Cc2ccc(-c3cccc(C(F)(F)F)c3)o2)C(=O)c2ccc(C)cc2)c2cc(OCCCO)ccc2N1C(=O)Cc1ccc(OC)cc1. The fourth-order valence-corrected chi connectivity index (χ4v) is 7.27. The van der Waals surface area contributed by atoms with E-state index in [9.17, 15) is 27.9 Å². The molecule has 0 radical (unpaired) electrons. The smallest absolute Gasteiger partial charge is 0.416 e. The van der Waals surface area contributed by atoms with Gasteiger partial charge in [-0.3, -0.25) is 14.4 Å². The Bertz CT molecular complexity index is 2270. The van der Waals surface area contributed by atoms with E-state index in [1.807, 2.05) is 6.92 Å². The van der Waals surface area contributed by atoms with Crippen molar-refractivity contribution >= 4 is 23.5 Å². The Kier molecular flexibility index (Phi) is 13.3. The minimum absolute atomic E-state index is 0.0628. The summed E-state index contributed by atoms with van der Waals surface area (Å²) in [7, 11) is 1.54. The predicted molar refractivity (Wildman–Crippen MR) is 215 cm³/mol. The summed E-state index contributed by atoms with van der Waals surface area (Å²) in [5.41, 5.74) is 2.20. The van der Waals surface area contributed by atoms with Crippen LogP contribution in [0.2, 0.25) is 0 Å². The lowest BCUT2D eigenvalue weighted by Gasteiger charge is -2.39. The Hall–Kier alpha value is -6.34. The molecule has 0 spiro atoms. The molecule has 1 aromatic heterocycles. The Morgan fingerprint density at radius 2 is 1.69 bits per heavy atom. The van der Waals surface area contributed by atoms with E-state index in [2.05, 4.69) is 6.58 Å². The summed E-state index contributed by atoms with van der Waals surface area (Å²) in [4.78, 5) is 45.7. The molecule has 2 amide bonds. The number of fused-ring (bicyclic) bond motifs is 1. The fourth-order valence-electron chi connectivity index (χ4n) is 7.27. The van der Waals surface area contributed by atoms with E-state index < -0.39 is 41.8 Å². The Morgan fingerprint density at radius 3 is 2.36 bits per heavy atom. The topological polar surface area (TPSA) is 119 Å². The molecule has 10 nitrogen and oxygen atoms in total. The van der Waals surface area contributed by atoms with E-state index in [1.165, 1.54) is 30.0 Å². The molecule has 3 atom stereocenters. The van der Waals surface area contributed by atoms with Gasteiger partial charge in [0.05, 0.1) is 44.3 Å². The quantitative estimate of drug-likeness (QED) is 0.0597. The number of amides is 2. The van der Waals surface area contributed by atoms with Crippen LogP contribution in [-0.2, 0) is 33.5 Å². The molecule has 0 fully saturated rings. The number of carbonyl (C=O) groups is 3. The molecule has 2 heterocycles. The molecule has 5 aromatic rings. The predicted octanol–water partition coefficient (Wildman–Crippen LogP) is 8.89. The van der Waals surface area contributed by atoms with Gasteiger partial charge in [0.2, 0.25) is 5.91 Å². The minimum atomic E-state index is -4.57. The van der Waals surface area contributed by atoms with Gasteiger partial charge in [0.1, 0.15) is 29.1 Å². The number of benzene rings is 4. The number of hydrogen-bond donors (Lipinski definition) is 1. The van der Waals surface area contributed by atoms with Crippen LogP contribution in [0.25, 0.3) is 11.3 Å². The van der Waals surface area contributed by atoms with Crippen LogP contribution >= 0.6 is 0 Å². The second kappa shape index (κ2) is 18.5. The molecule has 0 saturated carbocycles. The first-order valence-corrected chi connectivity index (χ1v) is 19.1. The van der Waals surface area contributed by atoms with Crippen LogP contribution < -0.4 is 14.4 Å². The van der Waals surface area contributed by atoms with Crippen LogP contribution in [0.3, 0.4) is 0 Å². The third-order valence-corrected chi connectivity index (χ3v) is 10.0. The van der Waals surface area contributed by atoms with Crippen LogP contribution in [0.5, 0.6) is 11.5 Å². The average Bonchev–Trinajstić information content (AvgIpc) is 3.82. The first-order valence-electron chi connectivity index (χ1n) is 19.1. The van der Waals surface area contributed by atoms with Gasteiger partial charge in [-0.25, -0.2) is 0 Å². The molecule has 1 unspecified atom stereocenters. The molecule has 0 bridgehead atoms. The lowest BCUT2D eigenvalue weighted by atomic mass is 9.93. The summed E-state index contributed by atoms with van der Waals surface area (Å²) < 4.78 is 64.4. The molecular formula is C46H45F3N2O8. The van der Waals surface area contributed by atoms with E-state index in [0.29, 0.717) is 40.3 Å². The highest BCUT2D eigenvalue weighted by Gasteiger charge is 2.50. The summed E-state index contributed by atoms with van der Waals surface area (Å²) in [6.07, 6.45) is -3.61. The van der Waals surface area contributed by atoms with Gasteiger partial charge < -0.3 is 33.5 Å². The number of halogens is 3. The summed E-state index contributed by atoms with van der Waals surface area (Å²) in [6.45, 7) is 6.94. The number of esters is 1. The Labute approximate surface area is 340 Å². The lowest BCUT2D eigenvalue weighted by Crippen LogP contribution is -2.53. The molecule has 1 aliphatic heterocycles. The van der Waals surface area contributed by atoms with Crippen LogP contribution in [0, 0.1) is 6.92 Å². The zero-order valence-corrected chi connectivity index (χ0v) is 32.9. The van der Waals surface area contributed by atoms with Gasteiger partial charge >= 0.3 is 12.1 Å². The maximum Gasteiger partial charge on any atom is 0.416 e. The number of rotatable bonds is 16. The number of alkyl halides is 3. The van der Waals surface area contributed by atoms with Gasteiger partial charge in [-0.1, -0.05) is 48.0 Å². The lowest BCUT2D eigenvalue weighted by molar-refractivity contribution is -0.148. The molecular weight excluding hydrogens is 766 g/mol. The van der Waals surface area contributed by atoms with Crippen LogP contribution in [-0.4, -0.2) is 60.3 Å². The van der Waals surface area contributed by atoms with Crippen molar-refractivity contribution in [3.63, 3.8) is 0 Å². The zero-order chi connectivity index (χ0) is 42.3. The van der Waals surface area contributed by atoms with Gasteiger partial charge in [0.25, 0.3) is 5.91 Å². The van der Waals surface area contributed by atoms with E-state index in [0.717, 1.165) is 17.7 Å². The Balaban J connectivity index is 1.53. The highest BCUT2D eigenvalue weighted by Crippen LogP contribution is 2.48. The van der Waals surface area contributed by atoms with Crippen molar-refractivity contribution < 1.29 is 51.3 Å². The minimum Gasteiger partial charge on any atom is -0.497 e. The standard InChI is InChI=1S/C46H45F3N2O8/c1-5-8-41(58-30(3)53)44-43(38-27-36(57-24-7-23-52)19-21-39(38)51(44)42(54)25-31-13-17-35(56-4)18-14-31)50(45(55)32-15-11-29(2)12-16-32)28-37-20-22-40(59-37)33-9-6-10-34(26-33)46(47,48)49/h5-6,9-22,26-27,41,43-44,52H,1,7-8,23-25,28H2,2-4H3/t41?,43-,44+/m0/s1. The molecule has 59 heavy (non-hydrogen) atoms. The highest BCUT2D eigenvalue weighted by atomic mass is 19.4. The number of ether oxygens (including phenoxy) is 3. The largest absolute Gasteiger partial charge is 0.497 e. The number of anilines is 1. The number of aryl methyl sites for hydroxylation is 1. The second-order valence-electron chi connectivity index (χ2n) is 14.2. The van der Waals surface area contributed by atoms with Crippen LogP contribution in [0.15, 0.2) is 120 Å². The van der Waals surface area contributed by atoms with E-state index in [4.69, 9.17) is 18.6 Å². The van der Waals surface area contributed by atoms with Gasteiger partial charge in [-0.2, -0.15) is 13.2 Å². The number of nitrogens with zero attached hydrogens (tertiary/aromatic N) is 2. The van der Waals surface area contributed by atoms with Crippen molar-refractivity contribution in [2.75, 3.05) is 25.2 Å². The summed E-state index contributed by atoms with van der Waals surface area (Å²) in [5.74, 6) is -0.0200. The van der Waals surface area contributed by atoms with Crippen molar-refractivity contribution in [3.8, 4) is 22.8 Å². The third-order valence-electron chi connectivity index (χ3n) is 10.0. The van der Waals surface area contributed by atoms with E-state index >= 15 is 4.79 Å². The number of furan rings is 1. The van der Waals surface area contributed by atoms with E-state index in [1.54, 1.807) is 90.9 Å². The molecule has 0 saturated heterocycles. The van der Waals surface area contributed by atoms with Crippen LogP contribution in [0.4, 0.5) is 18.9 Å². The monoisotopic (exact) mass is 810 g/mol. The first-order chi connectivity index (χ1) is 28.3. The fraction of sp³-hybridized carbons (Fsp3) is 0.283. The van der Waals surface area contributed by atoms with Crippen molar-refractivity contribution in [2.45, 2.75) is 64.0 Å². The number of aliphatic hydroxyl groups is 1. The first kappa shape index (κ1) is 42.3. The molecule has 6 rings (SSSR count). The van der Waals surface area contributed by atoms with Crippen LogP contribution in [0.1, 0.15) is 64.2 Å². The average molecular weight is 811 g/mol.